The molecule has 0 unspecified atom stereocenters. The first kappa shape index (κ1) is 28.7. The average Bonchev–Trinajstić information content (AvgIpc) is 2.96. The van der Waals surface area contributed by atoms with E-state index in [1.54, 1.807) is 72.8 Å². The zero-order valence-electron chi connectivity index (χ0n) is 21.7. The topological polar surface area (TPSA) is 97.3 Å². The van der Waals surface area contributed by atoms with Gasteiger partial charge in [0.25, 0.3) is 15.9 Å². The molecule has 10 heteroatoms. The van der Waals surface area contributed by atoms with Crippen LogP contribution in [0, 0.1) is 0 Å². The van der Waals surface area contributed by atoms with E-state index in [9.17, 15) is 13.2 Å². The molecule has 0 heterocycles. The minimum atomic E-state index is -4.05. The molecule has 1 N–H and O–H groups in total. The van der Waals surface area contributed by atoms with Crippen molar-refractivity contribution < 1.29 is 22.7 Å². The fourth-order valence-corrected chi connectivity index (χ4v) is 5.33. The Hall–Kier alpha value is -4.34. The molecule has 40 heavy (non-hydrogen) atoms. The van der Waals surface area contributed by atoms with Crippen molar-refractivity contribution in [3.8, 4) is 11.5 Å². The van der Waals surface area contributed by atoms with Crippen LogP contribution < -0.4 is 19.2 Å². The number of ether oxygens (including phenoxy) is 2. The van der Waals surface area contributed by atoms with Crippen molar-refractivity contribution in [1.82, 2.24) is 5.43 Å². The monoisotopic (exact) mass is 577 g/mol. The van der Waals surface area contributed by atoms with Gasteiger partial charge in [-0.25, -0.2) is 13.8 Å². The summed E-state index contributed by atoms with van der Waals surface area (Å²) in [7, 11) is -4.05. The number of amides is 1. The zero-order valence-corrected chi connectivity index (χ0v) is 23.3. The maximum Gasteiger partial charge on any atom is 0.264 e. The number of hydrogen-bond donors (Lipinski definition) is 1. The number of nitrogens with zero attached hydrogens (tertiary/aromatic N) is 2. The molecule has 0 aliphatic rings. The summed E-state index contributed by atoms with van der Waals surface area (Å²) in [6, 6.07) is 29.1. The van der Waals surface area contributed by atoms with Crippen molar-refractivity contribution in [3.05, 3.63) is 119 Å². The highest BCUT2D eigenvalue weighted by atomic mass is 35.5. The Morgan fingerprint density at radius 1 is 0.900 bits per heavy atom. The quantitative estimate of drug-likeness (QED) is 0.173. The Morgan fingerprint density at radius 3 is 2.25 bits per heavy atom. The predicted molar refractivity (Wildman–Crippen MR) is 157 cm³/mol. The fraction of sp³-hybridized carbons (Fsp3) is 0.133. The second-order valence-corrected chi connectivity index (χ2v) is 10.8. The van der Waals surface area contributed by atoms with Gasteiger partial charge in [0.2, 0.25) is 0 Å². The molecule has 0 aliphatic heterocycles. The summed E-state index contributed by atoms with van der Waals surface area (Å²) in [5, 5.41) is 4.64. The minimum Gasteiger partial charge on any atom is -0.494 e. The van der Waals surface area contributed by atoms with E-state index in [2.05, 4.69) is 10.5 Å². The van der Waals surface area contributed by atoms with Gasteiger partial charge in [0.1, 0.15) is 24.7 Å². The molecule has 0 aliphatic carbocycles. The van der Waals surface area contributed by atoms with Crippen LogP contribution in [0.5, 0.6) is 11.5 Å². The second kappa shape index (κ2) is 13.6. The number of hydrazone groups is 1. The number of benzene rings is 4. The van der Waals surface area contributed by atoms with Gasteiger partial charge in [0.15, 0.2) is 0 Å². The number of anilines is 1. The van der Waals surface area contributed by atoms with Gasteiger partial charge in [-0.2, -0.15) is 5.10 Å². The highest BCUT2D eigenvalue weighted by Crippen LogP contribution is 2.25. The van der Waals surface area contributed by atoms with Gasteiger partial charge in [0.05, 0.1) is 23.4 Å². The van der Waals surface area contributed by atoms with Crippen LogP contribution in [0.1, 0.15) is 18.1 Å². The lowest BCUT2D eigenvalue weighted by Gasteiger charge is -2.23. The first-order chi connectivity index (χ1) is 19.3. The molecule has 8 nitrogen and oxygen atoms in total. The molecule has 0 radical (unpaired) electrons. The van der Waals surface area contributed by atoms with Crippen molar-refractivity contribution in [2.45, 2.75) is 18.4 Å². The van der Waals surface area contributed by atoms with Crippen molar-refractivity contribution in [1.29, 1.82) is 0 Å². The standard InChI is InChI=1S/C30H28ClN3O5S/c1-2-38-27-15-17-29(18-16-27)40(36,37)34(26-9-4-3-5-10-26)21-30(35)33-32-20-23-11-13-28(14-12-23)39-22-24-7-6-8-25(31)19-24/h3-20H,2,21-22H2,1H3,(H,33,35)/b32-20-. The molecule has 0 saturated carbocycles. The van der Waals surface area contributed by atoms with Crippen molar-refractivity contribution in [2.24, 2.45) is 5.10 Å². The van der Waals surface area contributed by atoms with Crippen LogP contribution in [-0.2, 0) is 21.4 Å². The minimum absolute atomic E-state index is 0.0359. The molecule has 0 fully saturated rings. The van der Waals surface area contributed by atoms with E-state index in [1.165, 1.54) is 18.3 Å². The molecule has 0 spiro atoms. The lowest BCUT2D eigenvalue weighted by molar-refractivity contribution is -0.119. The van der Waals surface area contributed by atoms with Gasteiger partial charge in [0, 0.05) is 5.02 Å². The van der Waals surface area contributed by atoms with Gasteiger partial charge < -0.3 is 9.47 Å². The summed E-state index contributed by atoms with van der Waals surface area (Å²) in [6.07, 6.45) is 1.46. The average molecular weight is 578 g/mol. The van der Waals surface area contributed by atoms with Gasteiger partial charge in [-0.05, 0) is 90.8 Å². The number of carbonyl (C=O) groups is 1. The maximum absolute atomic E-state index is 13.5. The highest BCUT2D eigenvalue weighted by Gasteiger charge is 2.27. The van der Waals surface area contributed by atoms with Crippen LogP contribution in [-0.4, -0.2) is 33.7 Å². The number of carbonyl (C=O) groups excluding carboxylic acids is 1. The number of sulfonamides is 1. The summed E-state index contributed by atoms with van der Waals surface area (Å²) in [6.45, 7) is 2.22. The number of nitrogens with one attached hydrogen (secondary N) is 1. The van der Waals surface area contributed by atoms with Crippen molar-refractivity contribution in [2.75, 3.05) is 17.5 Å². The SMILES string of the molecule is CCOc1ccc(S(=O)(=O)N(CC(=O)N/N=C\c2ccc(OCc3cccc(Cl)c3)cc2)c2ccccc2)cc1. The molecule has 4 rings (SSSR count). The molecule has 0 bridgehead atoms. The summed E-state index contributed by atoms with van der Waals surface area (Å²) >= 11 is 6.01. The van der Waals surface area contributed by atoms with E-state index in [0.29, 0.717) is 35.4 Å². The van der Waals surface area contributed by atoms with Crippen LogP contribution in [0.3, 0.4) is 0 Å². The van der Waals surface area contributed by atoms with Crippen molar-refractivity contribution in [3.63, 3.8) is 0 Å². The maximum atomic E-state index is 13.5. The van der Waals surface area contributed by atoms with Gasteiger partial charge in [-0.3, -0.25) is 9.10 Å². The van der Waals surface area contributed by atoms with Crippen LogP contribution in [0.4, 0.5) is 5.69 Å². The number of hydrogen-bond acceptors (Lipinski definition) is 6. The zero-order chi connectivity index (χ0) is 28.4. The fourth-order valence-electron chi connectivity index (χ4n) is 3.70. The summed E-state index contributed by atoms with van der Waals surface area (Å²) in [4.78, 5) is 12.8. The molecule has 4 aromatic rings. The van der Waals surface area contributed by atoms with Crippen molar-refractivity contribution >= 4 is 39.4 Å². The molecule has 206 valence electrons. The smallest absolute Gasteiger partial charge is 0.264 e. The Bertz CT molecular complexity index is 1540. The molecule has 0 saturated heterocycles. The molecule has 4 aromatic carbocycles. The molecule has 0 atom stereocenters. The first-order valence-corrected chi connectivity index (χ1v) is 14.3. The third-order valence-electron chi connectivity index (χ3n) is 5.63. The third kappa shape index (κ3) is 7.84. The second-order valence-electron chi connectivity index (χ2n) is 8.53. The summed E-state index contributed by atoms with van der Waals surface area (Å²) < 4.78 is 39.2. The van der Waals surface area contributed by atoms with E-state index in [0.717, 1.165) is 15.4 Å². The van der Waals surface area contributed by atoms with Gasteiger partial charge in [-0.15, -0.1) is 0 Å². The van der Waals surface area contributed by atoms with E-state index in [1.807, 2.05) is 25.1 Å². The van der Waals surface area contributed by atoms with Gasteiger partial charge >= 0.3 is 0 Å². The van der Waals surface area contributed by atoms with Crippen LogP contribution in [0.15, 0.2) is 113 Å². The molecule has 1 amide bonds. The Balaban J connectivity index is 1.39. The molecular formula is C30H28ClN3O5S. The number of rotatable bonds is 12. The largest absolute Gasteiger partial charge is 0.494 e. The number of halogens is 1. The summed E-state index contributed by atoms with van der Waals surface area (Å²) in [5.41, 5.74) is 4.43. The number of para-hydroxylation sites is 1. The van der Waals surface area contributed by atoms with Crippen LogP contribution in [0.25, 0.3) is 0 Å². The Morgan fingerprint density at radius 2 is 1.57 bits per heavy atom. The summed E-state index contributed by atoms with van der Waals surface area (Å²) in [5.74, 6) is 0.621. The van der Waals surface area contributed by atoms with Gasteiger partial charge in [-0.1, -0.05) is 41.9 Å². The Labute approximate surface area is 238 Å². The van der Waals surface area contributed by atoms with E-state index < -0.39 is 22.5 Å². The van der Waals surface area contributed by atoms with Crippen LogP contribution >= 0.6 is 11.6 Å². The lowest BCUT2D eigenvalue weighted by atomic mass is 10.2. The Kier molecular flexibility index (Phi) is 9.77. The normalized spacial score (nSPS) is 11.2. The molecular weight excluding hydrogens is 550 g/mol. The lowest BCUT2D eigenvalue weighted by Crippen LogP contribution is -2.39. The third-order valence-corrected chi connectivity index (χ3v) is 7.65. The first-order valence-electron chi connectivity index (χ1n) is 12.4. The highest BCUT2D eigenvalue weighted by molar-refractivity contribution is 7.92. The predicted octanol–water partition coefficient (Wildman–Crippen LogP) is 5.66. The van der Waals surface area contributed by atoms with Crippen LogP contribution in [0.2, 0.25) is 5.02 Å². The van der Waals surface area contributed by atoms with E-state index in [4.69, 9.17) is 21.1 Å². The van der Waals surface area contributed by atoms with E-state index >= 15 is 0 Å². The molecule has 0 aromatic heterocycles. The van der Waals surface area contributed by atoms with E-state index in [-0.39, 0.29) is 4.90 Å².